The second-order valence-electron chi connectivity index (χ2n) is 5.56. The molecule has 4 nitrogen and oxygen atoms in total. The Bertz CT molecular complexity index is 589. The highest BCUT2D eigenvalue weighted by molar-refractivity contribution is 7.89. The summed E-state index contributed by atoms with van der Waals surface area (Å²) in [6.07, 6.45) is 1.77. The van der Waals surface area contributed by atoms with Gasteiger partial charge in [0, 0.05) is 19.1 Å². The van der Waals surface area contributed by atoms with Crippen molar-refractivity contribution < 1.29 is 8.42 Å². The zero-order valence-electron chi connectivity index (χ0n) is 11.8. The SMILES string of the molecule is CC1CCN(S(=O)(=O)c2cc(CN)ccc2Cl)C(C)C1. The van der Waals surface area contributed by atoms with E-state index < -0.39 is 10.0 Å². The van der Waals surface area contributed by atoms with Crippen molar-refractivity contribution in [1.82, 2.24) is 4.31 Å². The van der Waals surface area contributed by atoms with Gasteiger partial charge in [-0.15, -0.1) is 0 Å². The molecule has 0 aliphatic carbocycles. The summed E-state index contributed by atoms with van der Waals surface area (Å²) in [5.74, 6) is 0.558. The Kier molecular flexibility index (Phi) is 4.74. The van der Waals surface area contributed by atoms with E-state index in [1.807, 2.05) is 6.92 Å². The lowest BCUT2D eigenvalue weighted by Gasteiger charge is -2.35. The van der Waals surface area contributed by atoms with Crippen LogP contribution in [0.15, 0.2) is 23.1 Å². The van der Waals surface area contributed by atoms with Crippen LogP contribution in [0.1, 0.15) is 32.3 Å². The van der Waals surface area contributed by atoms with Crippen LogP contribution < -0.4 is 5.73 Å². The molecule has 0 spiro atoms. The molecule has 2 unspecified atom stereocenters. The average molecular weight is 317 g/mol. The second-order valence-corrected chi connectivity index (χ2v) is 7.83. The van der Waals surface area contributed by atoms with Crippen molar-refractivity contribution in [3.8, 4) is 0 Å². The molecule has 112 valence electrons. The lowest BCUT2D eigenvalue weighted by atomic mass is 9.95. The van der Waals surface area contributed by atoms with Crippen molar-refractivity contribution in [2.45, 2.75) is 44.2 Å². The molecule has 0 bridgehead atoms. The van der Waals surface area contributed by atoms with Gasteiger partial charge in [0.05, 0.1) is 5.02 Å². The summed E-state index contributed by atoms with van der Waals surface area (Å²) in [5.41, 5.74) is 6.35. The van der Waals surface area contributed by atoms with E-state index in [4.69, 9.17) is 17.3 Å². The minimum Gasteiger partial charge on any atom is -0.326 e. The minimum atomic E-state index is -3.55. The summed E-state index contributed by atoms with van der Waals surface area (Å²) in [7, 11) is -3.55. The largest absolute Gasteiger partial charge is 0.326 e. The molecule has 20 heavy (non-hydrogen) atoms. The highest BCUT2D eigenvalue weighted by Crippen LogP contribution is 2.31. The van der Waals surface area contributed by atoms with Gasteiger partial charge in [-0.2, -0.15) is 4.31 Å². The van der Waals surface area contributed by atoms with Crippen LogP contribution >= 0.6 is 11.6 Å². The van der Waals surface area contributed by atoms with Crippen LogP contribution in [0, 0.1) is 5.92 Å². The predicted molar refractivity (Wildman–Crippen MR) is 81.1 cm³/mol. The van der Waals surface area contributed by atoms with Gasteiger partial charge in [-0.25, -0.2) is 8.42 Å². The van der Waals surface area contributed by atoms with Crippen LogP contribution in [-0.4, -0.2) is 25.3 Å². The Labute approximate surface area is 126 Å². The Morgan fingerprint density at radius 2 is 2.10 bits per heavy atom. The van der Waals surface area contributed by atoms with Crippen molar-refractivity contribution in [1.29, 1.82) is 0 Å². The van der Waals surface area contributed by atoms with Gasteiger partial charge < -0.3 is 5.73 Å². The normalized spacial score (nSPS) is 24.8. The number of hydrogen-bond donors (Lipinski definition) is 1. The molecule has 2 rings (SSSR count). The quantitative estimate of drug-likeness (QED) is 0.932. The molecular formula is C14H21ClN2O2S. The maximum absolute atomic E-state index is 12.8. The van der Waals surface area contributed by atoms with E-state index in [1.54, 1.807) is 22.5 Å². The predicted octanol–water partition coefficient (Wildman–Crippen LogP) is 2.61. The van der Waals surface area contributed by atoms with Gasteiger partial charge in [0.1, 0.15) is 4.90 Å². The number of sulfonamides is 1. The molecule has 0 radical (unpaired) electrons. The number of nitrogens with two attached hydrogens (primary N) is 1. The van der Waals surface area contributed by atoms with Crippen LogP contribution in [-0.2, 0) is 16.6 Å². The molecule has 2 atom stereocenters. The molecule has 1 aromatic rings. The van der Waals surface area contributed by atoms with Crippen LogP contribution in [0.5, 0.6) is 0 Å². The molecule has 1 aliphatic heterocycles. The van der Waals surface area contributed by atoms with Crippen LogP contribution in [0.3, 0.4) is 0 Å². The van der Waals surface area contributed by atoms with Crippen LogP contribution in [0.4, 0.5) is 0 Å². The number of halogens is 1. The topological polar surface area (TPSA) is 63.4 Å². The van der Waals surface area contributed by atoms with E-state index in [1.165, 1.54) is 0 Å². The summed E-state index contributed by atoms with van der Waals surface area (Å²) in [6.45, 7) is 4.95. The van der Waals surface area contributed by atoms with Gasteiger partial charge in [-0.3, -0.25) is 0 Å². The fourth-order valence-corrected chi connectivity index (χ4v) is 4.92. The first-order valence-electron chi connectivity index (χ1n) is 6.86. The van der Waals surface area contributed by atoms with E-state index >= 15 is 0 Å². The third-order valence-corrected chi connectivity index (χ3v) is 6.39. The van der Waals surface area contributed by atoms with Crippen molar-refractivity contribution in [2.24, 2.45) is 11.7 Å². The summed E-state index contributed by atoms with van der Waals surface area (Å²) in [5, 5.41) is 0.257. The monoisotopic (exact) mass is 316 g/mol. The molecule has 1 fully saturated rings. The van der Waals surface area contributed by atoms with Gasteiger partial charge >= 0.3 is 0 Å². The zero-order chi connectivity index (χ0) is 14.9. The van der Waals surface area contributed by atoms with E-state index in [-0.39, 0.29) is 16.0 Å². The van der Waals surface area contributed by atoms with Crippen molar-refractivity contribution in [2.75, 3.05) is 6.54 Å². The summed E-state index contributed by atoms with van der Waals surface area (Å²) >= 11 is 6.09. The first kappa shape index (κ1) is 15.8. The molecular weight excluding hydrogens is 296 g/mol. The van der Waals surface area contributed by atoms with Gasteiger partial charge in [-0.1, -0.05) is 24.6 Å². The Hall–Kier alpha value is -0.620. The highest BCUT2D eigenvalue weighted by atomic mass is 35.5. The van der Waals surface area contributed by atoms with Crippen molar-refractivity contribution >= 4 is 21.6 Å². The molecule has 2 N–H and O–H groups in total. The van der Waals surface area contributed by atoms with Gasteiger partial charge in [-0.05, 0) is 43.4 Å². The maximum Gasteiger partial charge on any atom is 0.244 e. The lowest BCUT2D eigenvalue weighted by Crippen LogP contribution is -2.44. The minimum absolute atomic E-state index is 0.00125. The Morgan fingerprint density at radius 1 is 1.40 bits per heavy atom. The molecule has 0 amide bonds. The highest BCUT2D eigenvalue weighted by Gasteiger charge is 2.34. The first-order chi connectivity index (χ1) is 9.36. The maximum atomic E-state index is 12.8. The molecule has 1 aromatic carbocycles. The van der Waals surface area contributed by atoms with E-state index in [2.05, 4.69) is 6.92 Å². The number of piperidine rings is 1. The molecule has 0 saturated carbocycles. The lowest BCUT2D eigenvalue weighted by molar-refractivity contribution is 0.220. The zero-order valence-corrected chi connectivity index (χ0v) is 13.4. The average Bonchev–Trinajstić information content (AvgIpc) is 2.38. The standard InChI is InChI=1S/C14H21ClN2O2S/c1-10-5-6-17(11(2)7-10)20(18,19)14-8-12(9-16)3-4-13(14)15/h3-4,8,10-11H,5-7,9,16H2,1-2H3. The van der Waals surface area contributed by atoms with Gasteiger partial charge in [0.2, 0.25) is 10.0 Å². The molecule has 6 heteroatoms. The molecule has 1 saturated heterocycles. The first-order valence-corrected chi connectivity index (χ1v) is 8.68. The number of hydrogen-bond acceptors (Lipinski definition) is 3. The van der Waals surface area contributed by atoms with Gasteiger partial charge in [0.25, 0.3) is 0 Å². The van der Waals surface area contributed by atoms with E-state index in [9.17, 15) is 8.42 Å². The third-order valence-electron chi connectivity index (χ3n) is 3.90. The summed E-state index contributed by atoms with van der Waals surface area (Å²) < 4.78 is 27.2. The van der Waals surface area contributed by atoms with E-state index in [0.29, 0.717) is 19.0 Å². The van der Waals surface area contributed by atoms with Crippen molar-refractivity contribution in [3.05, 3.63) is 28.8 Å². The van der Waals surface area contributed by atoms with Crippen LogP contribution in [0.2, 0.25) is 5.02 Å². The molecule has 1 aliphatic rings. The fourth-order valence-electron chi connectivity index (χ4n) is 2.74. The third kappa shape index (κ3) is 3.01. The second kappa shape index (κ2) is 6.02. The van der Waals surface area contributed by atoms with E-state index in [0.717, 1.165) is 18.4 Å². The Balaban J connectivity index is 2.40. The van der Waals surface area contributed by atoms with Gasteiger partial charge in [0.15, 0.2) is 0 Å². The fraction of sp³-hybridized carbons (Fsp3) is 0.571. The number of nitrogens with zero attached hydrogens (tertiary/aromatic N) is 1. The molecule has 1 heterocycles. The summed E-state index contributed by atoms with van der Waals surface area (Å²) in [4.78, 5) is 0.170. The Morgan fingerprint density at radius 3 is 2.70 bits per heavy atom. The van der Waals surface area contributed by atoms with Crippen molar-refractivity contribution in [3.63, 3.8) is 0 Å². The summed E-state index contributed by atoms with van der Waals surface area (Å²) in [6, 6.07) is 4.95. The van der Waals surface area contributed by atoms with Crippen LogP contribution in [0.25, 0.3) is 0 Å². The number of benzene rings is 1. The number of rotatable bonds is 3. The molecule has 0 aromatic heterocycles. The smallest absolute Gasteiger partial charge is 0.244 e.